The average molecular weight is 287 g/mol. The van der Waals surface area contributed by atoms with E-state index in [-0.39, 0.29) is 23.0 Å². The van der Waals surface area contributed by atoms with Crippen molar-refractivity contribution in [3.63, 3.8) is 0 Å². The van der Waals surface area contributed by atoms with Crippen molar-refractivity contribution in [2.24, 2.45) is 11.3 Å². The van der Waals surface area contributed by atoms with Crippen LogP contribution < -0.4 is 0 Å². The van der Waals surface area contributed by atoms with Gasteiger partial charge >= 0.3 is 0 Å². The maximum atomic E-state index is 11.6. The first-order valence-corrected chi connectivity index (χ1v) is 9.09. The number of hydrogen-bond donors (Lipinski definition) is 0. The molecule has 0 bridgehead atoms. The number of carbonyl (C=O) groups excluding carboxylic acids is 1. The minimum atomic E-state index is -2.87. The van der Waals surface area contributed by atoms with Crippen LogP contribution in [0.3, 0.4) is 0 Å². The fourth-order valence-corrected chi connectivity index (χ4v) is 4.95. The van der Waals surface area contributed by atoms with Gasteiger partial charge in [-0.1, -0.05) is 6.92 Å². The normalized spacial score (nSPS) is 39.9. The Bertz CT molecular complexity index is 424. The topological polar surface area (TPSA) is 54.5 Å². The molecule has 19 heavy (non-hydrogen) atoms. The molecule has 2 aliphatic rings. The van der Waals surface area contributed by atoms with Crippen LogP contribution >= 0.6 is 0 Å². The quantitative estimate of drug-likeness (QED) is 0.738. The van der Waals surface area contributed by atoms with Gasteiger partial charge in [-0.2, -0.15) is 0 Å². The van der Waals surface area contributed by atoms with E-state index in [2.05, 4.69) is 11.8 Å². The van der Waals surface area contributed by atoms with Gasteiger partial charge in [0.25, 0.3) is 0 Å². The molecular weight excluding hydrogens is 262 g/mol. The van der Waals surface area contributed by atoms with Crippen molar-refractivity contribution in [3.8, 4) is 0 Å². The van der Waals surface area contributed by atoms with E-state index in [4.69, 9.17) is 0 Å². The van der Waals surface area contributed by atoms with Crippen molar-refractivity contribution >= 4 is 16.1 Å². The minimum Gasteiger partial charge on any atom is -0.303 e. The van der Waals surface area contributed by atoms with Gasteiger partial charge in [-0.25, -0.2) is 8.42 Å². The third-order valence-corrected chi connectivity index (χ3v) is 6.64. The first-order valence-electron chi connectivity index (χ1n) is 7.27. The summed E-state index contributed by atoms with van der Waals surface area (Å²) in [5.74, 6) is 1.19. The first-order chi connectivity index (χ1) is 8.86. The molecule has 0 N–H and O–H groups in total. The SMILES string of the molecule is CC1CCC(C=O)(CN2CCS(=O)(=O)CC2C)CC1. The minimum absolute atomic E-state index is 0.0370. The fourth-order valence-electron chi connectivity index (χ4n) is 3.32. The highest BCUT2D eigenvalue weighted by Gasteiger charge is 2.38. The molecule has 5 heteroatoms. The summed E-state index contributed by atoms with van der Waals surface area (Å²) in [4.78, 5) is 13.8. The Hall–Kier alpha value is -0.420. The van der Waals surface area contributed by atoms with Crippen LogP contribution in [-0.4, -0.2) is 50.2 Å². The Morgan fingerprint density at radius 3 is 2.42 bits per heavy atom. The summed E-state index contributed by atoms with van der Waals surface area (Å²) < 4.78 is 23.2. The molecule has 0 aromatic rings. The van der Waals surface area contributed by atoms with Crippen LogP contribution in [0.2, 0.25) is 0 Å². The van der Waals surface area contributed by atoms with E-state index in [9.17, 15) is 13.2 Å². The number of rotatable bonds is 3. The van der Waals surface area contributed by atoms with Crippen molar-refractivity contribution in [1.29, 1.82) is 0 Å². The zero-order valence-electron chi connectivity index (χ0n) is 12.0. The third kappa shape index (κ3) is 3.57. The molecular formula is C14H25NO3S. The van der Waals surface area contributed by atoms with Gasteiger partial charge < -0.3 is 4.79 Å². The van der Waals surface area contributed by atoms with E-state index in [0.29, 0.717) is 12.5 Å². The molecule has 1 aliphatic carbocycles. The van der Waals surface area contributed by atoms with Gasteiger partial charge in [0.2, 0.25) is 0 Å². The second kappa shape index (κ2) is 5.52. The number of sulfone groups is 1. The van der Waals surface area contributed by atoms with Crippen LogP contribution in [0.15, 0.2) is 0 Å². The molecule has 0 amide bonds. The highest BCUT2D eigenvalue weighted by Crippen LogP contribution is 2.38. The lowest BCUT2D eigenvalue weighted by atomic mass is 9.71. The van der Waals surface area contributed by atoms with Crippen LogP contribution in [-0.2, 0) is 14.6 Å². The maximum absolute atomic E-state index is 11.6. The molecule has 1 saturated carbocycles. The smallest absolute Gasteiger partial charge is 0.153 e. The molecule has 2 rings (SSSR count). The summed E-state index contributed by atoms with van der Waals surface area (Å²) in [6, 6.07) is 0.0370. The molecule has 0 radical (unpaired) electrons. The predicted molar refractivity (Wildman–Crippen MR) is 75.8 cm³/mol. The lowest BCUT2D eigenvalue weighted by Gasteiger charge is -2.42. The van der Waals surface area contributed by atoms with Crippen LogP contribution in [0.5, 0.6) is 0 Å². The van der Waals surface area contributed by atoms with Crippen molar-refractivity contribution in [2.75, 3.05) is 24.6 Å². The van der Waals surface area contributed by atoms with Crippen molar-refractivity contribution in [2.45, 2.75) is 45.6 Å². The van der Waals surface area contributed by atoms with E-state index >= 15 is 0 Å². The molecule has 1 saturated heterocycles. The molecule has 0 spiro atoms. The monoisotopic (exact) mass is 287 g/mol. The van der Waals surface area contributed by atoms with E-state index in [1.54, 1.807) is 0 Å². The highest BCUT2D eigenvalue weighted by molar-refractivity contribution is 7.91. The number of carbonyl (C=O) groups is 1. The summed E-state index contributed by atoms with van der Waals surface area (Å²) in [6.45, 7) is 5.51. The summed E-state index contributed by atoms with van der Waals surface area (Å²) in [5.41, 5.74) is -0.234. The van der Waals surface area contributed by atoms with E-state index < -0.39 is 9.84 Å². The van der Waals surface area contributed by atoms with E-state index in [1.807, 2.05) is 6.92 Å². The van der Waals surface area contributed by atoms with Crippen LogP contribution in [0.4, 0.5) is 0 Å². The molecule has 1 unspecified atom stereocenters. The molecule has 110 valence electrons. The van der Waals surface area contributed by atoms with Crippen LogP contribution in [0, 0.1) is 11.3 Å². The van der Waals surface area contributed by atoms with Gasteiger partial charge in [-0.15, -0.1) is 0 Å². The Morgan fingerprint density at radius 1 is 1.26 bits per heavy atom. The Kier molecular flexibility index (Phi) is 4.35. The summed E-state index contributed by atoms with van der Waals surface area (Å²) in [5, 5.41) is 0. The summed E-state index contributed by atoms with van der Waals surface area (Å²) in [6.07, 6.45) is 5.26. The van der Waals surface area contributed by atoms with Crippen molar-refractivity contribution in [3.05, 3.63) is 0 Å². The van der Waals surface area contributed by atoms with Crippen molar-refractivity contribution < 1.29 is 13.2 Å². The van der Waals surface area contributed by atoms with E-state index in [1.165, 1.54) is 0 Å². The van der Waals surface area contributed by atoms with Crippen LogP contribution in [0.1, 0.15) is 39.5 Å². The number of aldehydes is 1. The van der Waals surface area contributed by atoms with Gasteiger partial charge in [0.15, 0.2) is 9.84 Å². The lowest BCUT2D eigenvalue weighted by molar-refractivity contribution is -0.119. The third-order valence-electron chi connectivity index (χ3n) is 4.85. The predicted octanol–water partition coefficient (Wildman–Crippen LogP) is 1.50. The van der Waals surface area contributed by atoms with Crippen molar-refractivity contribution in [1.82, 2.24) is 4.90 Å². The Labute approximate surface area is 116 Å². The number of hydrogen-bond acceptors (Lipinski definition) is 4. The zero-order chi connectivity index (χ0) is 14.1. The first kappa shape index (κ1) is 15.0. The molecule has 0 aromatic heterocycles. The van der Waals surface area contributed by atoms with Gasteiger partial charge in [0.05, 0.1) is 11.5 Å². The lowest BCUT2D eigenvalue weighted by Crippen LogP contribution is -2.52. The van der Waals surface area contributed by atoms with Crippen LogP contribution in [0.25, 0.3) is 0 Å². The molecule has 1 heterocycles. The molecule has 4 nitrogen and oxygen atoms in total. The second-order valence-electron chi connectivity index (χ2n) is 6.60. The number of nitrogens with zero attached hydrogens (tertiary/aromatic N) is 1. The summed E-state index contributed by atoms with van der Waals surface area (Å²) >= 11 is 0. The highest BCUT2D eigenvalue weighted by atomic mass is 32.2. The molecule has 1 aliphatic heterocycles. The average Bonchev–Trinajstić information content (AvgIpc) is 2.35. The standard InChI is InChI=1S/C14H25NO3S/c1-12-3-5-14(11-16,6-4-12)10-15-7-8-19(17,18)9-13(15)2/h11-13H,3-10H2,1-2H3. The molecule has 0 aromatic carbocycles. The zero-order valence-corrected chi connectivity index (χ0v) is 12.8. The van der Waals surface area contributed by atoms with Gasteiger partial charge in [0.1, 0.15) is 6.29 Å². The fraction of sp³-hybridized carbons (Fsp3) is 0.929. The van der Waals surface area contributed by atoms with E-state index in [0.717, 1.165) is 38.5 Å². The maximum Gasteiger partial charge on any atom is 0.153 e. The molecule has 1 atom stereocenters. The van der Waals surface area contributed by atoms with Gasteiger partial charge in [0, 0.05) is 24.5 Å². The Balaban J connectivity index is 2.01. The van der Waals surface area contributed by atoms with Gasteiger partial charge in [-0.3, -0.25) is 4.90 Å². The second-order valence-corrected chi connectivity index (χ2v) is 8.83. The Morgan fingerprint density at radius 2 is 1.89 bits per heavy atom. The summed E-state index contributed by atoms with van der Waals surface area (Å²) in [7, 11) is -2.87. The molecule has 2 fully saturated rings. The van der Waals surface area contributed by atoms with Gasteiger partial charge in [-0.05, 0) is 38.5 Å². The largest absolute Gasteiger partial charge is 0.303 e.